The molecule has 0 unspecified atom stereocenters. The lowest BCUT2D eigenvalue weighted by atomic mass is 10.1. The molecule has 1 fully saturated rings. The van der Waals surface area contributed by atoms with E-state index in [0.717, 1.165) is 18.4 Å². The Bertz CT molecular complexity index is 864. The van der Waals surface area contributed by atoms with Gasteiger partial charge in [-0.1, -0.05) is 0 Å². The summed E-state index contributed by atoms with van der Waals surface area (Å²) >= 11 is 0. The number of nitrogens with one attached hydrogen (secondary N) is 1. The van der Waals surface area contributed by atoms with Crippen molar-refractivity contribution < 1.29 is 13.2 Å². The van der Waals surface area contributed by atoms with Crippen LogP contribution in [-0.2, 0) is 10.0 Å². The Labute approximate surface area is 146 Å². The van der Waals surface area contributed by atoms with Crippen LogP contribution in [0, 0.1) is 6.92 Å². The van der Waals surface area contributed by atoms with Crippen LogP contribution in [0.25, 0.3) is 5.82 Å². The lowest BCUT2D eigenvalue weighted by Crippen LogP contribution is -2.49. The van der Waals surface area contributed by atoms with Crippen LogP contribution in [0.5, 0.6) is 0 Å². The minimum atomic E-state index is -3.25. The number of hydrogen-bond acceptors (Lipinski definition) is 5. The van der Waals surface area contributed by atoms with Gasteiger partial charge in [0.25, 0.3) is 5.91 Å². The van der Waals surface area contributed by atoms with Crippen molar-refractivity contribution in [2.75, 3.05) is 19.3 Å². The first-order chi connectivity index (χ1) is 11.8. The molecule has 0 aromatic carbocycles. The highest BCUT2D eigenvalue weighted by Gasteiger charge is 2.27. The van der Waals surface area contributed by atoms with Crippen molar-refractivity contribution >= 4 is 15.9 Å². The second-order valence-electron chi connectivity index (χ2n) is 6.29. The van der Waals surface area contributed by atoms with E-state index < -0.39 is 10.0 Å². The number of pyridine rings is 1. The number of piperidine rings is 1. The van der Waals surface area contributed by atoms with E-state index in [4.69, 9.17) is 0 Å². The Hall–Kier alpha value is -2.26. The SMILES string of the molecule is Cc1cc(C(=O)N[C@H]2CCCN(S(C)(=O)=O)C2)nc(-n2ccnc2)c1. The van der Waals surface area contributed by atoms with Gasteiger partial charge in [0.1, 0.15) is 17.8 Å². The predicted octanol–water partition coefficient (Wildman–Crippen LogP) is 0.730. The lowest BCUT2D eigenvalue weighted by Gasteiger charge is -2.31. The molecule has 1 amide bonds. The first kappa shape index (κ1) is 17.6. The van der Waals surface area contributed by atoms with E-state index >= 15 is 0 Å². The zero-order valence-electron chi connectivity index (χ0n) is 14.2. The molecule has 0 saturated carbocycles. The van der Waals surface area contributed by atoms with E-state index in [1.165, 1.54) is 10.6 Å². The van der Waals surface area contributed by atoms with Crippen LogP contribution in [0.15, 0.2) is 30.9 Å². The number of rotatable bonds is 4. The number of aromatic nitrogens is 3. The summed E-state index contributed by atoms with van der Waals surface area (Å²) in [5, 5.41) is 2.90. The van der Waals surface area contributed by atoms with E-state index in [1.54, 1.807) is 29.4 Å². The van der Waals surface area contributed by atoms with Gasteiger partial charge in [0.15, 0.2) is 0 Å². The molecule has 3 heterocycles. The van der Waals surface area contributed by atoms with Crippen LogP contribution in [0.1, 0.15) is 28.9 Å². The van der Waals surface area contributed by atoms with Crippen LogP contribution in [-0.4, -0.2) is 58.6 Å². The molecule has 9 heteroatoms. The molecule has 1 aliphatic rings. The van der Waals surface area contributed by atoms with E-state index in [-0.39, 0.29) is 11.9 Å². The highest BCUT2D eigenvalue weighted by Crippen LogP contribution is 2.14. The van der Waals surface area contributed by atoms with E-state index in [0.29, 0.717) is 24.6 Å². The third-order valence-corrected chi connectivity index (χ3v) is 5.42. The maximum absolute atomic E-state index is 12.6. The summed E-state index contributed by atoms with van der Waals surface area (Å²) in [6, 6.07) is 3.37. The van der Waals surface area contributed by atoms with Crippen LogP contribution >= 0.6 is 0 Å². The molecule has 0 spiro atoms. The van der Waals surface area contributed by atoms with Gasteiger partial charge >= 0.3 is 0 Å². The Morgan fingerprint density at radius 3 is 2.84 bits per heavy atom. The fourth-order valence-corrected chi connectivity index (χ4v) is 3.82. The summed E-state index contributed by atoms with van der Waals surface area (Å²) in [4.78, 5) is 21.0. The van der Waals surface area contributed by atoms with Gasteiger partial charge in [-0.15, -0.1) is 0 Å². The normalized spacial score (nSPS) is 18.9. The number of nitrogens with zero attached hydrogens (tertiary/aromatic N) is 4. The summed E-state index contributed by atoms with van der Waals surface area (Å²) in [6.45, 7) is 2.69. The average molecular weight is 363 g/mol. The Morgan fingerprint density at radius 2 is 2.16 bits per heavy atom. The minimum Gasteiger partial charge on any atom is -0.347 e. The zero-order valence-corrected chi connectivity index (χ0v) is 15.0. The monoisotopic (exact) mass is 363 g/mol. The molecule has 0 aliphatic carbocycles. The highest BCUT2D eigenvalue weighted by atomic mass is 32.2. The molecule has 2 aromatic rings. The smallest absolute Gasteiger partial charge is 0.270 e. The second-order valence-corrected chi connectivity index (χ2v) is 8.27. The van der Waals surface area contributed by atoms with Crippen LogP contribution in [0.2, 0.25) is 0 Å². The molecule has 0 radical (unpaired) electrons. The van der Waals surface area contributed by atoms with Gasteiger partial charge in [-0.3, -0.25) is 9.36 Å². The van der Waals surface area contributed by atoms with Gasteiger partial charge in [-0.25, -0.2) is 22.7 Å². The maximum atomic E-state index is 12.6. The van der Waals surface area contributed by atoms with Gasteiger partial charge in [-0.05, 0) is 37.5 Å². The van der Waals surface area contributed by atoms with Crippen LogP contribution < -0.4 is 5.32 Å². The predicted molar refractivity (Wildman–Crippen MR) is 93.0 cm³/mol. The van der Waals surface area contributed by atoms with Crippen molar-refractivity contribution in [1.82, 2.24) is 24.2 Å². The number of aryl methyl sites for hydroxylation is 1. The Balaban J connectivity index is 1.75. The molecule has 1 aliphatic heterocycles. The molecular formula is C16H21N5O3S. The molecule has 1 saturated heterocycles. The third-order valence-electron chi connectivity index (χ3n) is 4.15. The van der Waals surface area contributed by atoms with E-state index in [9.17, 15) is 13.2 Å². The number of amides is 1. The van der Waals surface area contributed by atoms with Crippen molar-refractivity contribution in [2.45, 2.75) is 25.8 Å². The van der Waals surface area contributed by atoms with Gasteiger partial charge in [-0.2, -0.15) is 0 Å². The first-order valence-electron chi connectivity index (χ1n) is 8.06. The number of carbonyl (C=O) groups is 1. The summed E-state index contributed by atoms with van der Waals surface area (Å²) in [6.07, 6.45) is 7.68. The van der Waals surface area contributed by atoms with Gasteiger partial charge < -0.3 is 5.32 Å². The van der Waals surface area contributed by atoms with Crippen molar-refractivity contribution in [2.24, 2.45) is 0 Å². The molecule has 3 rings (SSSR count). The van der Waals surface area contributed by atoms with Crippen molar-refractivity contribution in [1.29, 1.82) is 0 Å². The average Bonchev–Trinajstić information content (AvgIpc) is 3.08. The number of carbonyl (C=O) groups excluding carboxylic acids is 1. The number of sulfonamides is 1. The largest absolute Gasteiger partial charge is 0.347 e. The summed E-state index contributed by atoms with van der Waals surface area (Å²) in [5.41, 5.74) is 1.21. The Kier molecular flexibility index (Phi) is 4.87. The Morgan fingerprint density at radius 1 is 1.36 bits per heavy atom. The fraction of sp³-hybridized carbons (Fsp3) is 0.438. The molecule has 0 bridgehead atoms. The molecule has 2 aromatic heterocycles. The quantitative estimate of drug-likeness (QED) is 0.864. The third kappa shape index (κ3) is 4.23. The maximum Gasteiger partial charge on any atom is 0.270 e. The number of imidazole rings is 1. The topological polar surface area (TPSA) is 97.2 Å². The van der Waals surface area contributed by atoms with Crippen molar-refractivity contribution in [3.8, 4) is 5.82 Å². The highest BCUT2D eigenvalue weighted by molar-refractivity contribution is 7.88. The van der Waals surface area contributed by atoms with Gasteiger partial charge in [0.05, 0.1) is 6.26 Å². The van der Waals surface area contributed by atoms with Gasteiger partial charge in [0.2, 0.25) is 10.0 Å². The van der Waals surface area contributed by atoms with Crippen molar-refractivity contribution in [3.63, 3.8) is 0 Å². The van der Waals surface area contributed by atoms with Crippen molar-refractivity contribution in [3.05, 3.63) is 42.1 Å². The first-order valence-corrected chi connectivity index (χ1v) is 9.91. The van der Waals surface area contributed by atoms with E-state index in [2.05, 4.69) is 15.3 Å². The summed E-state index contributed by atoms with van der Waals surface area (Å²) < 4.78 is 26.5. The molecule has 1 atom stereocenters. The van der Waals surface area contributed by atoms with Gasteiger partial charge in [0, 0.05) is 31.5 Å². The molecule has 25 heavy (non-hydrogen) atoms. The van der Waals surface area contributed by atoms with Crippen LogP contribution in [0.3, 0.4) is 0 Å². The van der Waals surface area contributed by atoms with Crippen LogP contribution in [0.4, 0.5) is 0 Å². The molecule has 1 N–H and O–H groups in total. The standard InChI is InChI=1S/C16H21N5O3S/c1-12-8-14(19-15(9-12)20-7-5-17-11-20)16(22)18-13-4-3-6-21(10-13)25(2,23)24/h5,7-9,11,13H,3-4,6,10H2,1-2H3,(H,18,22)/t13-/m0/s1. The molecule has 134 valence electrons. The molecular weight excluding hydrogens is 342 g/mol. The zero-order chi connectivity index (χ0) is 18.0. The number of hydrogen-bond donors (Lipinski definition) is 1. The second kappa shape index (κ2) is 6.93. The summed E-state index contributed by atoms with van der Waals surface area (Å²) in [5.74, 6) is 0.314. The minimum absolute atomic E-state index is 0.213. The van der Waals surface area contributed by atoms with E-state index in [1.807, 2.05) is 13.0 Å². The lowest BCUT2D eigenvalue weighted by molar-refractivity contribution is 0.0916. The molecule has 8 nitrogen and oxygen atoms in total. The fourth-order valence-electron chi connectivity index (χ4n) is 2.91. The summed E-state index contributed by atoms with van der Waals surface area (Å²) in [7, 11) is -3.25.